The summed E-state index contributed by atoms with van der Waals surface area (Å²) >= 11 is 17.8. The van der Waals surface area contributed by atoms with Gasteiger partial charge in [0.1, 0.15) is 6.61 Å². The van der Waals surface area contributed by atoms with Crippen molar-refractivity contribution in [2.45, 2.75) is 19.9 Å². The Bertz CT molecular complexity index is 446. The molecule has 20 heavy (non-hydrogen) atoms. The molecule has 1 rings (SSSR count). The topological polar surface area (TPSA) is 59.6 Å². The highest BCUT2D eigenvalue weighted by molar-refractivity contribution is 14.0. The number of hydrogen-bond acceptors (Lipinski definition) is 2. The summed E-state index contributed by atoms with van der Waals surface area (Å²) in [6, 6.07) is 3.38. The normalized spacial score (nSPS) is 11.2. The number of nitrogens with one attached hydrogen (secondary N) is 1. The first-order valence-corrected chi connectivity index (χ1v) is 6.87. The zero-order chi connectivity index (χ0) is 14.4. The maximum absolute atomic E-state index is 5.98. The Hall–Kier alpha value is -0.110. The number of nitrogens with two attached hydrogens (primary N) is 1. The number of rotatable bonds is 5. The van der Waals surface area contributed by atoms with Crippen molar-refractivity contribution in [3.8, 4) is 5.75 Å². The van der Waals surface area contributed by atoms with Crippen LogP contribution < -0.4 is 15.8 Å². The van der Waals surface area contributed by atoms with Crippen LogP contribution in [0.1, 0.15) is 13.8 Å². The Morgan fingerprint density at radius 1 is 1.30 bits per heavy atom. The molecule has 0 unspecified atom stereocenters. The average Bonchev–Trinajstić information content (AvgIpc) is 2.25. The molecule has 0 heterocycles. The van der Waals surface area contributed by atoms with Gasteiger partial charge in [-0.2, -0.15) is 0 Å². The molecule has 0 radical (unpaired) electrons. The highest BCUT2D eigenvalue weighted by atomic mass is 127. The van der Waals surface area contributed by atoms with Crippen LogP contribution in [0.2, 0.25) is 15.1 Å². The van der Waals surface area contributed by atoms with Crippen molar-refractivity contribution in [1.82, 2.24) is 5.32 Å². The SMILES string of the molecule is CC(C)NC(N)=NCCOc1c(Cl)cc(Cl)cc1Cl.I. The summed E-state index contributed by atoms with van der Waals surface area (Å²) in [5, 5.41) is 4.18. The molecule has 0 amide bonds. The first kappa shape index (κ1) is 19.9. The van der Waals surface area contributed by atoms with Crippen molar-refractivity contribution in [3.05, 3.63) is 27.2 Å². The van der Waals surface area contributed by atoms with E-state index in [4.69, 9.17) is 45.3 Å². The van der Waals surface area contributed by atoms with Gasteiger partial charge in [-0.1, -0.05) is 34.8 Å². The third-order valence-electron chi connectivity index (χ3n) is 2.02. The van der Waals surface area contributed by atoms with Gasteiger partial charge in [0.2, 0.25) is 0 Å². The second kappa shape index (κ2) is 9.76. The van der Waals surface area contributed by atoms with Crippen LogP contribution in [0, 0.1) is 0 Å². The van der Waals surface area contributed by atoms with E-state index in [9.17, 15) is 0 Å². The van der Waals surface area contributed by atoms with E-state index in [1.807, 2.05) is 13.8 Å². The Labute approximate surface area is 151 Å². The minimum Gasteiger partial charge on any atom is -0.489 e. The standard InChI is InChI=1S/C12H16Cl3N3O.HI/c1-7(2)18-12(16)17-3-4-19-11-9(14)5-8(13)6-10(11)15;/h5-7H,3-4H2,1-2H3,(H3,16,17,18);1H. The van der Waals surface area contributed by atoms with Gasteiger partial charge in [-0.3, -0.25) is 0 Å². The quantitative estimate of drug-likeness (QED) is 0.308. The summed E-state index contributed by atoms with van der Waals surface area (Å²) in [4.78, 5) is 4.10. The molecule has 0 aliphatic carbocycles. The first-order valence-electron chi connectivity index (χ1n) is 5.74. The largest absolute Gasteiger partial charge is 0.489 e. The van der Waals surface area contributed by atoms with Crippen LogP contribution in [0.15, 0.2) is 17.1 Å². The van der Waals surface area contributed by atoms with Crippen molar-refractivity contribution in [2.75, 3.05) is 13.2 Å². The lowest BCUT2D eigenvalue weighted by molar-refractivity contribution is 0.329. The molecule has 0 atom stereocenters. The van der Waals surface area contributed by atoms with E-state index in [0.717, 1.165) is 0 Å². The van der Waals surface area contributed by atoms with E-state index in [1.54, 1.807) is 12.1 Å². The Morgan fingerprint density at radius 2 is 1.85 bits per heavy atom. The number of ether oxygens (including phenoxy) is 1. The van der Waals surface area contributed by atoms with E-state index in [1.165, 1.54) is 0 Å². The number of hydrogen-bond donors (Lipinski definition) is 2. The van der Waals surface area contributed by atoms with Gasteiger partial charge in [0.05, 0.1) is 16.6 Å². The van der Waals surface area contributed by atoms with E-state index >= 15 is 0 Å². The van der Waals surface area contributed by atoms with Crippen LogP contribution in [-0.4, -0.2) is 25.2 Å². The Morgan fingerprint density at radius 3 is 2.35 bits per heavy atom. The van der Waals surface area contributed by atoms with Crippen molar-refractivity contribution >= 4 is 64.7 Å². The number of nitrogens with zero attached hydrogens (tertiary/aromatic N) is 1. The van der Waals surface area contributed by atoms with Gasteiger partial charge in [-0.05, 0) is 26.0 Å². The van der Waals surface area contributed by atoms with E-state index < -0.39 is 0 Å². The van der Waals surface area contributed by atoms with Crippen LogP contribution in [0.5, 0.6) is 5.75 Å². The van der Waals surface area contributed by atoms with E-state index in [-0.39, 0.29) is 30.0 Å². The van der Waals surface area contributed by atoms with Gasteiger partial charge in [0.25, 0.3) is 0 Å². The first-order chi connectivity index (χ1) is 8.90. The molecular weight excluding hydrogens is 435 g/mol. The number of guanidine groups is 1. The molecule has 3 N–H and O–H groups in total. The molecule has 0 aliphatic heterocycles. The van der Waals surface area contributed by atoms with Crippen molar-refractivity contribution in [3.63, 3.8) is 0 Å². The third kappa shape index (κ3) is 7.06. The second-order valence-electron chi connectivity index (χ2n) is 4.11. The van der Waals surface area contributed by atoms with Crippen molar-refractivity contribution < 1.29 is 4.74 Å². The molecule has 114 valence electrons. The maximum Gasteiger partial charge on any atom is 0.188 e. The summed E-state index contributed by atoms with van der Waals surface area (Å²) in [7, 11) is 0. The molecule has 0 aromatic heterocycles. The highest BCUT2D eigenvalue weighted by Gasteiger charge is 2.08. The van der Waals surface area contributed by atoms with Crippen LogP contribution in [0.25, 0.3) is 0 Å². The molecule has 1 aromatic carbocycles. The summed E-state index contributed by atoms with van der Waals surface area (Å²) in [5.41, 5.74) is 5.65. The van der Waals surface area contributed by atoms with Crippen LogP contribution in [-0.2, 0) is 0 Å². The number of benzene rings is 1. The summed E-state index contributed by atoms with van der Waals surface area (Å²) < 4.78 is 5.46. The number of aliphatic imine (C=N–C) groups is 1. The Kier molecular flexibility index (Phi) is 9.71. The van der Waals surface area contributed by atoms with Crippen LogP contribution >= 0.6 is 58.8 Å². The van der Waals surface area contributed by atoms with Gasteiger partial charge in [0, 0.05) is 11.1 Å². The summed E-state index contributed by atoms with van der Waals surface area (Å²) in [6.45, 7) is 4.68. The third-order valence-corrected chi connectivity index (χ3v) is 2.80. The second-order valence-corrected chi connectivity index (χ2v) is 5.36. The fraction of sp³-hybridized carbons (Fsp3) is 0.417. The smallest absolute Gasteiger partial charge is 0.188 e. The molecule has 0 spiro atoms. The van der Waals surface area contributed by atoms with Gasteiger partial charge >= 0.3 is 0 Å². The average molecular weight is 453 g/mol. The lowest BCUT2D eigenvalue weighted by Crippen LogP contribution is -2.37. The minimum atomic E-state index is 0. The molecule has 0 saturated heterocycles. The van der Waals surface area contributed by atoms with Gasteiger partial charge in [-0.25, -0.2) is 4.99 Å². The lowest BCUT2D eigenvalue weighted by atomic mass is 10.3. The number of halogens is 4. The van der Waals surface area contributed by atoms with E-state index in [2.05, 4.69) is 10.3 Å². The maximum atomic E-state index is 5.98. The predicted octanol–water partition coefficient (Wildman–Crippen LogP) is 3.96. The molecule has 0 aliphatic rings. The van der Waals surface area contributed by atoms with E-state index in [0.29, 0.717) is 39.9 Å². The Balaban J connectivity index is 0.00000361. The molecule has 4 nitrogen and oxygen atoms in total. The zero-order valence-corrected chi connectivity index (χ0v) is 15.7. The van der Waals surface area contributed by atoms with Crippen molar-refractivity contribution in [1.29, 1.82) is 0 Å². The van der Waals surface area contributed by atoms with Crippen LogP contribution in [0.3, 0.4) is 0 Å². The fourth-order valence-electron chi connectivity index (χ4n) is 1.32. The lowest BCUT2D eigenvalue weighted by Gasteiger charge is -2.10. The van der Waals surface area contributed by atoms with Crippen molar-refractivity contribution in [2.24, 2.45) is 10.7 Å². The molecule has 0 saturated carbocycles. The predicted molar refractivity (Wildman–Crippen MR) is 97.1 cm³/mol. The summed E-state index contributed by atoms with van der Waals surface area (Å²) in [5.74, 6) is 0.783. The zero-order valence-electron chi connectivity index (χ0n) is 11.1. The molecule has 1 aromatic rings. The molecule has 8 heteroatoms. The van der Waals surface area contributed by atoms with Crippen LogP contribution in [0.4, 0.5) is 0 Å². The molecular formula is C12H17Cl3IN3O. The summed E-state index contributed by atoms with van der Waals surface area (Å²) in [6.07, 6.45) is 0. The van der Waals surface area contributed by atoms with Gasteiger partial charge in [-0.15, -0.1) is 24.0 Å². The van der Waals surface area contributed by atoms with Gasteiger partial charge in [0.15, 0.2) is 11.7 Å². The minimum absolute atomic E-state index is 0. The molecule has 0 bridgehead atoms. The molecule has 0 fully saturated rings. The highest BCUT2D eigenvalue weighted by Crippen LogP contribution is 2.35. The van der Waals surface area contributed by atoms with Gasteiger partial charge < -0.3 is 15.8 Å². The monoisotopic (exact) mass is 451 g/mol. The fourth-order valence-corrected chi connectivity index (χ4v) is 2.25.